The Morgan fingerprint density at radius 3 is 2.18 bits per heavy atom. The fraction of sp³-hybridized carbons (Fsp3) is 0.185. The van der Waals surface area contributed by atoms with Crippen LogP contribution in [0.4, 0.5) is 10.5 Å². The van der Waals surface area contributed by atoms with Crippen LogP contribution in [0.2, 0.25) is 0 Å². The molecule has 4 aromatic rings. The molecule has 0 saturated carbocycles. The fourth-order valence-corrected chi connectivity index (χ4v) is 4.83. The van der Waals surface area contributed by atoms with E-state index in [1.807, 2.05) is 53.4 Å². The number of hydrogen-bond donors (Lipinski definition) is 1. The molecule has 1 saturated heterocycles. The van der Waals surface area contributed by atoms with Gasteiger partial charge in [0, 0.05) is 54.9 Å². The van der Waals surface area contributed by atoms with Gasteiger partial charge in [-0.25, -0.2) is 9.78 Å². The van der Waals surface area contributed by atoms with Gasteiger partial charge in [0.15, 0.2) is 0 Å². The lowest BCUT2D eigenvalue weighted by Crippen LogP contribution is -2.49. The lowest BCUT2D eigenvalue weighted by Gasteiger charge is -2.34. The topological polar surface area (TPSA) is 48.5 Å². The van der Waals surface area contributed by atoms with Crippen LogP contribution in [0.1, 0.15) is 5.56 Å². The SMILES string of the molecule is O=C(Nc1ccc(-c2csc(-c3ccccc3)n2)cc1)N1CCN(Cc2ccccc2)CC1. The molecular weight excluding hydrogens is 428 g/mol. The van der Waals surface area contributed by atoms with Crippen LogP contribution in [0, 0.1) is 0 Å². The summed E-state index contributed by atoms with van der Waals surface area (Å²) < 4.78 is 0. The van der Waals surface area contributed by atoms with Crippen LogP contribution < -0.4 is 5.32 Å². The summed E-state index contributed by atoms with van der Waals surface area (Å²) in [5.74, 6) is 0. The van der Waals surface area contributed by atoms with Crippen molar-refractivity contribution in [2.24, 2.45) is 0 Å². The highest BCUT2D eigenvalue weighted by atomic mass is 32.1. The molecule has 1 aliphatic rings. The van der Waals surface area contributed by atoms with Crippen LogP contribution >= 0.6 is 11.3 Å². The second kappa shape index (κ2) is 9.98. The summed E-state index contributed by atoms with van der Waals surface area (Å²) in [5, 5.41) is 6.12. The maximum atomic E-state index is 12.7. The number of carbonyl (C=O) groups is 1. The quantitative estimate of drug-likeness (QED) is 0.413. The van der Waals surface area contributed by atoms with E-state index in [1.54, 1.807) is 11.3 Å². The first-order valence-corrected chi connectivity index (χ1v) is 12.1. The second-order valence-electron chi connectivity index (χ2n) is 8.16. The third-order valence-corrected chi connectivity index (χ3v) is 6.76. The van der Waals surface area contributed by atoms with E-state index in [0.29, 0.717) is 0 Å². The normalized spacial score (nSPS) is 14.2. The maximum absolute atomic E-state index is 12.7. The zero-order valence-corrected chi connectivity index (χ0v) is 19.2. The Labute approximate surface area is 198 Å². The average molecular weight is 455 g/mol. The highest BCUT2D eigenvalue weighted by molar-refractivity contribution is 7.13. The van der Waals surface area contributed by atoms with Crippen molar-refractivity contribution in [2.45, 2.75) is 6.54 Å². The molecule has 166 valence electrons. The first kappa shape index (κ1) is 21.4. The number of nitrogens with one attached hydrogen (secondary N) is 1. The van der Waals surface area contributed by atoms with Gasteiger partial charge in [-0.05, 0) is 17.7 Å². The first-order chi connectivity index (χ1) is 16.2. The van der Waals surface area contributed by atoms with E-state index < -0.39 is 0 Å². The summed E-state index contributed by atoms with van der Waals surface area (Å²) in [5.41, 5.74) is 5.23. The van der Waals surface area contributed by atoms with Gasteiger partial charge in [0.1, 0.15) is 5.01 Å². The van der Waals surface area contributed by atoms with E-state index in [2.05, 4.69) is 52.0 Å². The third kappa shape index (κ3) is 5.30. The van der Waals surface area contributed by atoms with E-state index in [-0.39, 0.29) is 6.03 Å². The number of amides is 2. The molecule has 5 rings (SSSR count). The van der Waals surface area contributed by atoms with Crippen molar-refractivity contribution in [3.05, 3.63) is 95.9 Å². The minimum Gasteiger partial charge on any atom is -0.322 e. The summed E-state index contributed by atoms with van der Waals surface area (Å²) in [6.07, 6.45) is 0. The predicted molar refractivity (Wildman–Crippen MR) is 135 cm³/mol. The van der Waals surface area contributed by atoms with Crippen molar-refractivity contribution in [2.75, 3.05) is 31.5 Å². The van der Waals surface area contributed by atoms with E-state index in [0.717, 1.165) is 60.2 Å². The van der Waals surface area contributed by atoms with E-state index >= 15 is 0 Å². The van der Waals surface area contributed by atoms with E-state index in [4.69, 9.17) is 4.98 Å². The molecule has 2 amide bonds. The molecule has 0 bridgehead atoms. The van der Waals surface area contributed by atoms with Gasteiger partial charge < -0.3 is 10.2 Å². The number of piperazine rings is 1. The molecule has 33 heavy (non-hydrogen) atoms. The Balaban J connectivity index is 1.15. The summed E-state index contributed by atoms with van der Waals surface area (Å²) in [7, 11) is 0. The molecule has 0 atom stereocenters. The van der Waals surface area contributed by atoms with Crippen molar-refractivity contribution < 1.29 is 4.79 Å². The first-order valence-electron chi connectivity index (χ1n) is 11.2. The largest absolute Gasteiger partial charge is 0.322 e. The van der Waals surface area contributed by atoms with Crippen LogP contribution in [-0.4, -0.2) is 47.0 Å². The van der Waals surface area contributed by atoms with Crippen molar-refractivity contribution >= 4 is 23.1 Å². The summed E-state index contributed by atoms with van der Waals surface area (Å²) >= 11 is 1.64. The van der Waals surface area contributed by atoms with Gasteiger partial charge in [-0.15, -0.1) is 11.3 Å². The number of rotatable bonds is 5. The lowest BCUT2D eigenvalue weighted by atomic mass is 10.1. The molecule has 0 aliphatic carbocycles. The minimum absolute atomic E-state index is 0.0397. The summed E-state index contributed by atoms with van der Waals surface area (Å²) in [6, 6.07) is 28.6. The molecule has 1 aromatic heterocycles. The number of benzene rings is 3. The Hall–Kier alpha value is -3.48. The summed E-state index contributed by atoms with van der Waals surface area (Å²) in [6.45, 7) is 4.17. The zero-order chi connectivity index (χ0) is 22.5. The molecule has 2 heterocycles. The molecule has 5 nitrogen and oxygen atoms in total. The molecule has 0 spiro atoms. The van der Waals surface area contributed by atoms with Gasteiger partial charge in [-0.1, -0.05) is 72.8 Å². The Morgan fingerprint density at radius 2 is 1.48 bits per heavy atom. The molecule has 1 N–H and O–H groups in total. The average Bonchev–Trinajstić information content (AvgIpc) is 3.37. The Kier molecular flexibility index (Phi) is 6.46. The van der Waals surface area contributed by atoms with Crippen molar-refractivity contribution in [1.82, 2.24) is 14.8 Å². The van der Waals surface area contributed by atoms with Gasteiger partial charge in [-0.2, -0.15) is 0 Å². The van der Waals surface area contributed by atoms with Gasteiger partial charge in [-0.3, -0.25) is 4.90 Å². The van der Waals surface area contributed by atoms with Crippen molar-refractivity contribution in [3.63, 3.8) is 0 Å². The number of hydrogen-bond acceptors (Lipinski definition) is 4. The van der Waals surface area contributed by atoms with Gasteiger partial charge in [0.25, 0.3) is 0 Å². The number of thiazole rings is 1. The lowest BCUT2D eigenvalue weighted by molar-refractivity contribution is 0.143. The smallest absolute Gasteiger partial charge is 0.321 e. The highest BCUT2D eigenvalue weighted by Gasteiger charge is 2.21. The number of nitrogens with zero attached hydrogens (tertiary/aromatic N) is 3. The van der Waals surface area contributed by atoms with Gasteiger partial charge >= 0.3 is 6.03 Å². The van der Waals surface area contributed by atoms with Gasteiger partial charge in [0.2, 0.25) is 0 Å². The third-order valence-electron chi connectivity index (χ3n) is 5.87. The second-order valence-corrected chi connectivity index (χ2v) is 9.02. The van der Waals surface area contributed by atoms with Crippen LogP contribution in [0.5, 0.6) is 0 Å². The zero-order valence-electron chi connectivity index (χ0n) is 18.4. The maximum Gasteiger partial charge on any atom is 0.321 e. The van der Waals surface area contributed by atoms with Crippen LogP contribution in [0.25, 0.3) is 21.8 Å². The van der Waals surface area contributed by atoms with Crippen LogP contribution in [0.3, 0.4) is 0 Å². The number of carbonyl (C=O) groups excluding carboxylic acids is 1. The molecule has 1 aliphatic heterocycles. The highest BCUT2D eigenvalue weighted by Crippen LogP contribution is 2.29. The standard InChI is InChI=1S/C27H26N4OS/c32-27(31-17-15-30(16-18-31)19-21-7-3-1-4-8-21)28-24-13-11-22(12-14-24)25-20-33-26(29-25)23-9-5-2-6-10-23/h1-14,20H,15-19H2,(H,28,32). The van der Waals surface area contributed by atoms with Gasteiger partial charge in [0.05, 0.1) is 5.69 Å². The Morgan fingerprint density at radius 1 is 0.818 bits per heavy atom. The predicted octanol–water partition coefficient (Wildman–Crippen LogP) is 5.83. The molecule has 0 radical (unpaired) electrons. The number of aromatic nitrogens is 1. The van der Waals surface area contributed by atoms with Crippen LogP contribution in [-0.2, 0) is 6.54 Å². The van der Waals surface area contributed by atoms with E-state index in [1.165, 1.54) is 5.56 Å². The van der Waals surface area contributed by atoms with Crippen molar-refractivity contribution in [3.8, 4) is 21.8 Å². The number of anilines is 1. The van der Waals surface area contributed by atoms with Crippen LogP contribution in [0.15, 0.2) is 90.3 Å². The Bertz CT molecular complexity index is 1180. The fourth-order valence-electron chi connectivity index (χ4n) is 4.00. The molecule has 3 aromatic carbocycles. The van der Waals surface area contributed by atoms with E-state index in [9.17, 15) is 4.79 Å². The molecule has 1 fully saturated rings. The minimum atomic E-state index is -0.0397. The number of urea groups is 1. The molecule has 6 heteroatoms. The molecule has 0 unspecified atom stereocenters. The molecular formula is C27H26N4OS. The van der Waals surface area contributed by atoms with Crippen molar-refractivity contribution in [1.29, 1.82) is 0 Å². The monoisotopic (exact) mass is 454 g/mol. The summed E-state index contributed by atoms with van der Waals surface area (Å²) in [4.78, 5) is 21.8.